The Bertz CT molecular complexity index is 685. The van der Waals surface area contributed by atoms with Crippen molar-refractivity contribution in [1.82, 2.24) is 19.9 Å². The lowest BCUT2D eigenvalue weighted by molar-refractivity contribution is 0.196. The number of pyridine rings is 1. The third kappa shape index (κ3) is 4.07. The fourth-order valence-electron chi connectivity index (χ4n) is 3.52. The number of ether oxygens (including phenoxy) is 1. The summed E-state index contributed by atoms with van der Waals surface area (Å²) in [5, 5.41) is 0. The molecule has 1 aliphatic carbocycles. The highest BCUT2D eigenvalue weighted by molar-refractivity contribution is 5.38. The maximum atomic E-state index is 5.85. The van der Waals surface area contributed by atoms with Crippen LogP contribution in [0.1, 0.15) is 24.2 Å². The molecule has 1 aliphatic heterocycles. The van der Waals surface area contributed by atoms with Crippen molar-refractivity contribution >= 4 is 5.82 Å². The van der Waals surface area contributed by atoms with Crippen LogP contribution in [0.25, 0.3) is 0 Å². The van der Waals surface area contributed by atoms with Gasteiger partial charge in [0.25, 0.3) is 0 Å². The zero-order chi connectivity index (χ0) is 16.9. The number of aryl methyl sites for hydroxylation is 2. The van der Waals surface area contributed by atoms with Gasteiger partial charge in [0, 0.05) is 38.9 Å². The summed E-state index contributed by atoms with van der Waals surface area (Å²) in [6.07, 6.45) is 8.18. The number of anilines is 1. The molecule has 1 fully saturated rings. The zero-order valence-electron chi connectivity index (χ0n) is 14.6. The van der Waals surface area contributed by atoms with Crippen LogP contribution in [0.5, 0.6) is 5.88 Å². The molecule has 2 aromatic heterocycles. The topological polar surface area (TPSA) is 54.4 Å². The summed E-state index contributed by atoms with van der Waals surface area (Å²) in [4.78, 5) is 18.3. The predicted octanol–water partition coefficient (Wildman–Crippen LogP) is 1.95. The molecule has 0 saturated carbocycles. The van der Waals surface area contributed by atoms with E-state index >= 15 is 0 Å². The highest BCUT2D eigenvalue weighted by Crippen LogP contribution is 2.19. The van der Waals surface area contributed by atoms with Gasteiger partial charge in [-0.15, -0.1) is 0 Å². The average molecular weight is 339 g/mol. The lowest BCUT2D eigenvalue weighted by atomic mass is 10.0. The Kier molecular flexibility index (Phi) is 5.06. The molecule has 1 saturated heterocycles. The van der Waals surface area contributed by atoms with Gasteiger partial charge in [-0.05, 0) is 37.8 Å². The van der Waals surface area contributed by atoms with Crippen molar-refractivity contribution in [1.29, 1.82) is 0 Å². The molecule has 0 bridgehead atoms. The summed E-state index contributed by atoms with van der Waals surface area (Å²) in [7, 11) is 0. The second kappa shape index (κ2) is 7.78. The third-order valence-corrected chi connectivity index (χ3v) is 4.99. The molecule has 0 aromatic carbocycles. The van der Waals surface area contributed by atoms with Crippen LogP contribution in [-0.2, 0) is 12.8 Å². The molecule has 25 heavy (non-hydrogen) atoms. The van der Waals surface area contributed by atoms with E-state index in [1.54, 1.807) is 6.20 Å². The quantitative estimate of drug-likeness (QED) is 0.830. The highest BCUT2D eigenvalue weighted by atomic mass is 16.5. The lowest BCUT2D eigenvalue weighted by Gasteiger charge is -2.35. The summed E-state index contributed by atoms with van der Waals surface area (Å²) >= 11 is 0. The largest absolute Gasteiger partial charge is 0.475 e. The summed E-state index contributed by atoms with van der Waals surface area (Å²) in [6, 6.07) is 6.08. The van der Waals surface area contributed by atoms with E-state index in [0.717, 1.165) is 62.8 Å². The Morgan fingerprint density at radius 1 is 0.960 bits per heavy atom. The Morgan fingerprint density at radius 2 is 1.80 bits per heavy atom. The van der Waals surface area contributed by atoms with Gasteiger partial charge >= 0.3 is 0 Å². The number of aromatic nitrogens is 3. The minimum atomic E-state index is 0.664. The van der Waals surface area contributed by atoms with Crippen molar-refractivity contribution in [2.75, 3.05) is 44.2 Å². The molecule has 132 valence electrons. The monoisotopic (exact) mass is 339 g/mol. The summed E-state index contributed by atoms with van der Waals surface area (Å²) in [5.74, 6) is 1.75. The van der Waals surface area contributed by atoms with E-state index < -0.39 is 0 Å². The van der Waals surface area contributed by atoms with E-state index in [1.165, 1.54) is 12.8 Å². The Morgan fingerprint density at radius 3 is 2.60 bits per heavy atom. The molecule has 0 N–H and O–H groups in total. The van der Waals surface area contributed by atoms with E-state index in [0.29, 0.717) is 12.5 Å². The first-order valence-electron chi connectivity index (χ1n) is 9.24. The first kappa shape index (κ1) is 16.3. The van der Waals surface area contributed by atoms with E-state index in [1.807, 2.05) is 18.3 Å². The standard InChI is InChI=1S/C19H25N5O/c1-2-6-17-16(5-1)21-15-19(22-17)25-14-13-23-9-11-24(12-10-23)18-7-3-4-8-20-18/h3-4,7-8,15H,1-2,5-6,9-14H2. The average Bonchev–Trinajstić information content (AvgIpc) is 2.69. The van der Waals surface area contributed by atoms with Crippen LogP contribution in [0.3, 0.4) is 0 Å². The predicted molar refractivity (Wildman–Crippen MR) is 97.1 cm³/mol. The van der Waals surface area contributed by atoms with Crippen LogP contribution in [0.15, 0.2) is 30.6 Å². The van der Waals surface area contributed by atoms with E-state index in [2.05, 4.69) is 30.8 Å². The van der Waals surface area contributed by atoms with Gasteiger partial charge in [0.15, 0.2) is 0 Å². The summed E-state index contributed by atoms with van der Waals surface area (Å²) < 4.78 is 5.85. The van der Waals surface area contributed by atoms with Crippen LogP contribution in [0.4, 0.5) is 5.82 Å². The van der Waals surface area contributed by atoms with Gasteiger partial charge in [-0.3, -0.25) is 9.88 Å². The van der Waals surface area contributed by atoms with Crippen molar-refractivity contribution < 1.29 is 4.74 Å². The second-order valence-electron chi connectivity index (χ2n) is 6.67. The normalized spacial score (nSPS) is 18.0. The minimum Gasteiger partial charge on any atom is -0.475 e. The fourth-order valence-corrected chi connectivity index (χ4v) is 3.52. The van der Waals surface area contributed by atoms with Gasteiger partial charge in [0.1, 0.15) is 12.4 Å². The van der Waals surface area contributed by atoms with E-state index in [9.17, 15) is 0 Å². The van der Waals surface area contributed by atoms with Crippen molar-refractivity contribution in [3.63, 3.8) is 0 Å². The van der Waals surface area contributed by atoms with Crippen LogP contribution in [-0.4, -0.2) is 59.2 Å². The van der Waals surface area contributed by atoms with E-state index in [-0.39, 0.29) is 0 Å². The number of piperazine rings is 1. The summed E-state index contributed by atoms with van der Waals surface area (Å²) in [6.45, 7) is 5.68. The molecule has 0 amide bonds. The zero-order valence-corrected chi connectivity index (χ0v) is 14.6. The maximum absolute atomic E-state index is 5.85. The SMILES string of the molecule is c1ccc(N2CCN(CCOc3cnc4c(n3)CCCC4)CC2)nc1. The number of nitrogens with zero attached hydrogens (tertiary/aromatic N) is 5. The highest BCUT2D eigenvalue weighted by Gasteiger charge is 2.18. The Balaban J connectivity index is 1.22. The molecule has 0 spiro atoms. The van der Waals surface area contributed by atoms with Gasteiger partial charge in [-0.2, -0.15) is 0 Å². The molecular formula is C19H25N5O. The number of rotatable bonds is 5. The Labute approximate surface area is 148 Å². The number of hydrogen-bond acceptors (Lipinski definition) is 6. The molecule has 0 unspecified atom stereocenters. The van der Waals surface area contributed by atoms with Crippen LogP contribution >= 0.6 is 0 Å². The smallest absolute Gasteiger partial charge is 0.232 e. The Hall–Kier alpha value is -2.21. The van der Waals surface area contributed by atoms with E-state index in [4.69, 9.17) is 4.74 Å². The van der Waals surface area contributed by atoms with Gasteiger partial charge < -0.3 is 9.64 Å². The van der Waals surface area contributed by atoms with Crippen LogP contribution < -0.4 is 9.64 Å². The molecule has 2 aromatic rings. The maximum Gasteiger partial charge on any atom is 0.232 e. The van der Waals surface area contributed by atoms with Crippen molar-refractivity contribution in [3.8, 4) is 5.88 Å². The van der Waals surface area contributed by atoms with Crippen molar-refractivity contribution in [2.24, 2.45) is 0 Å². The van der Waals surface area contributed by atoms with Crippen LogP contribution in [0, 0.1) is 0 Å². The number of hydrogen-bond donors (Lipinski definition) is 0. The molecule has 2 aliphatic rings. The van der Waals surface area contributed by atoms with Gasteiger partial charge in [0.05, 0.1) is 17.6 Å². The van der Waals surface area contributed by atoms with Gasteiger partial charge in [-0.1, -0.05) is 6.07 Å². The molecule has 0 radical (unpaired) electrons. The third-order valence-electron chi connectivity index (χ3n) is 4.99. The molecule has 3 heterocycles. The lowest BCUT2D eigenvalue weighted by Crippen LogP contribution is -2.47. The van der Waals surface area contributed by atoms with Gasteiger partial charge in [0.2, 0.25) is 5.88 Å². The first-order chi connectivity index (χ1) is 12.4. The van der Waals surface area contributed by atoms with Gasteiger partial charge in [-0.25, -0.2) is 9.97 Å². The number of fused-ring (bicyclic) bond motifs is 1. The molecular weight excluding hydrogens is 314 g/mol. The second-order valence-corrected chi connectivity index (χ2v) is 6.67. The fraction of sp³-hybridized carbons (Fsp3) is 0.526. The van der Waals surface area contributed by atoms with Crippen molar-refractivity contribution in [2.45, 2.75) is 25.7 Å². The molecule has 6 nitrogen and oxygen atoms in total. The first-order valence-corrected chi connectivity index (χ1v) is 9.24. The summed E-state index contributed by atoms with van der Waals surface area (Å²) in [5.41, 5.74) is 2.29. The van der Waals surface area contributed by atoms with Crippen LogP contribution in [0.2, 0.25) is 0 Å². The molecule has 0 atom stereocenters. The van der Waals surface area contributed by atoms with Crippen molar-refractivity contribution in [3.05, 3.63) is 42.0 Å². The minimum absolute atomic E-state index is 0.664. The molecule has 4 rings (SSSR count). The molecule has 6 heteroatoms.